The van der Waals surface area contributed by atoms with Crippen LogP contribution in [-0.4, -0.2) is 43.3 Å². The number of nitrogen functional groups attached to an aromatic ring is 1. The summed E-state index contributed by atoms with van der Waals surface area (Å²) in [6.45, 7) is 1.97. The molecule has 1 aliphatic rings. The fourth-order valence-corrected chi connectivity index (χ4v) is 2.64. The number of aliphatic hydroxyl groups excluding tert-OH is 1. The van der Waals surface area contributed by atoms with Crippen molar-refractivity contribution in [2.75, 3.05) is 31.3 Å². The minimum absolute atomic E-state index is 0.0294. The molecule has 98 valence electrons. The number of nitrogens with zero attached hydrogens (tertiary/aromatic N) is 1. The Bertz CT molecular complexity index is 453. The highest BCUT2D eigenvalue weighted by Gasteiger charge is 2.24. The Morgan fingerprint density at radius 1 is 1.61 bits per heavy atom. The van der Waals surface area contributed by atoms with Crippen molar-refractivity contribution in [2.45, 2.75) is 6.04 Å². The van der Waals surface area contributed by atoms with E-state index >= 15 is 0 Å². The van der Waals surface area contributed by atoms with Gasteiger partial charge in [-0.25, -0.2) is 0 Å². The Morgan fingerprint density at radius 3 is 3.00 bits per heavy atom. The summed E-state index contributed by atoms with van der Waals surface area (Å²) in [5, 5.41) is 16.8. The summed E-state index contributed by atoms with van der Waals surface area (Å²) in [5.74, 6) is 0.0444. The Morgan fingerprint density at radius 2 is 2.39 bits per heavy atom. The molecule has 18 heavy (non-hydrogen) atoms. The van der Waals surface area contributed by atoms with Crippen LogP contribution < -0.4 is 10.6 Å². The lowest BCUT2D eigenvalue weighted by Gasteiger charge is -2.37. The fraction of sp³-hybridized carbons (Fsp3) is 0.417. The van der Waals surface area contributed by atoms with E-state index in [1.165, 1.54) is 0 Å². The molecule has 1 aromatic rings. The van der Waals surface area contributed by atoms with E-state index in [0.717, 1.165) is 16.7 Å². The maximum Gasteiger partial charge on any atom is 0.122 e. The minimum Gasteiger partial charge on any atom is -0.394 e. The highest BCUT2D eigenvalue weighted by Crippen LogP contribution is 2.29. The zero-order valence-corrected chi connectivity index (χ0v) is 11.5. The quantitative estimate of drug-likeness (QED) is 0.572. The molecule has 0 saturated carbocycles. The third-order valence-corrected chi connectivity index (χ3v) is 3.64. The van der Waals surface area contributed by atoms with Crippen molar-refractivity contribution in [1.29, 1.82) is 5.41 Å². The molecule has 0 radical (unpaired) electrons. The van der Waals surface area contributed by atoms with Crippen molar-refractivity contribution in [3.05, 3.63) is 28.2 Å². The lowest BCUT2D eigenvalue weighted by atomic mass is 10.1. The zero-order chi connectivity index (χ0) is 13.1. The molecule has 1 atom stereocenters. The van der Waals surface area contributed by atoms with Gasteiger partial charge >= 0.3 is 0 Å². The molecular weight excluding hydrogens is 298 g/mol. The minimum atomic E-state index is -0.0294. The number of anilines is 1. The van der Waals surface area contributed by atoms with Gasteiger partial charge in [0, 0.05) is 16.6 Å². The summed E-state index contributed by atoms with van der Waals surface area (Å²) in [6.07, 6.45) is 0. The van der Waals surface area contributed by atoms with Crippen molar-refractivity contribution < 1.29 is 9.84 Å². The van der Waals surface area contributed by atoms with E-state index in [-0.39, 0.29) is 18.5 Å². The lowest BCUT2D eigenvalue weighted by molar-refractivity contribution is 0.0726. The summed E-state index contributed by atoms with van der Waals surface area (Å²) >= 11 is 3.49. The van der Waals surface area contributed by atoms with Gasteiger partial charge in [0.1, 0.15) is 5.84 Å². The monoisotopic (exact) mass is 313 g/mol. The number of hydrogen-bond donors (Lipinski definition) is 3. The van der Waals surface area contributed by atoms with Crippen LogP contribution in [0.5, 0.6) is 0 Å². The van der Waals surface area contributed by atoms with Gasteiger partial charge in [0.25, 0.3) is 0 Å². The molecule has 2 rings (SSSR count). The molecule has 1 heterocycles. The number of halogens is 1. The molecule has 1 fully saturated rings. The number of nitrogens with one attached hydrogen (secondary N) is 1. The normalized spacial score (nSPS) is 19.9. The average molecular weight is 314 g/mol. The van der Waals surface area contributed by atoms with Gasteiger partial charge in [0.15, 0.2) is 0 Å². The molecule has 1 saturated heterocycles. The highest BCUT2D eigenvalue weighted by atomic mass is 79.9. The molecule has 0 amide bonds. The van der Waals surface area contributed by atoms with Crippen LogP contribution in [0.3, 0.4) is 0 Å². The average Bonchev–Trinajstić information content (AvgIpc) is 2.38. The van der Waals surface area contributed by atoms with Gasteiger partial charge in [0.2, 0.25) is 0 Å². The van der Waals surface area contributed by atoms with Crippen LogP contribution >= 0.6 is 15.9 Å². The van der Waals surface area contributed by atoms with Gasteiger partial charge in [0.05, 0.1) is 31.5 Å². The number of ether oxygens (including phenoxy) is 1. The Kier molecular flexibility index (Phi) is 4.21. The predicted octanol–water partition coefficient (Wildman–Crippen LogP) is 0.931. The van der Waals surface area contributed by atoms with Gasteiger partial charge in [-0.3, -0.25) is 5.41 Å². The topological polar surface area (TPSA) is 82.6 Å². The van der Waals surface area contributed by atoms with E-state index in [2.05, 4.69) is 20.8 Å². The summed E-state index contributed by atoms with van der Waals surface area (Å²) in [7, 11) is 0. The van der Waals surface area contributed by atoms with Crippen LogP contribution in [0.15, 0.2) is 22.7 Å². The summed E-state index contributed by atoms with van der Waals surface area (Å²) in [5.41, 5.74) is 7.12. The van der Waals surface area contributed by atoms with Crippen LogP contribution in [-0.2, 0) is 4.74 Å². The predicted molar refractivity (Wildman–Crippen MR) is 74.2 cm³/mol. The van der Waals surface area contributed by atoms with Gasteiger partial charge < -0.3 is 20.5 Å². The molecule has 1 aliphatic heterocycles. The first-order valence-corrected chi connectivity index (χ1v) is 6.52. The van der Waals surface area contributed by atoms with Crippen LogP contribution in [0.25, 0.3) is 0 Å². The van der Waals surface area contributed by atoms with Crippen molar-refractivity contribution in [3.63, 3.8) is 0 Å². The van der Waals surface area contributed by atoms with Gasteiger partial charge in [-0.05, 0) is 34.1 Å². The number of nitrogens with two attached hydrogens (primary N) is 1. The number of aliphatic hydroxyl groups is 1. The number of morpholine rings is 1. The molecule has 1 unspecified atom stereocenters. The zero-order valence-electron chi connectivity index (χ0n) is 9.90. The number of hydrogen-bond acceptors (Lipinski definition) is 4. The molecule has 4 N–H and O–H groups in total. The largest absolute Gasteiger partial charge is 0.394 e. The standard InChI is InChI=1S/C12H16BrN3O2/c13-10-5-8(12(14)15)1-2-11(10)16-3-4-18-7-9(16)6-17/h1-2,5,9,17H,3-4,6-7H2,(H3,14,15). The van der Waals surface area contributed by atoms with Gasteiger partial charge in [-0.15, -0.1) is 0 Å². The van der Waals surface area contributed by atoms with Crippen molar-refractivity contribution >= 4 is 27.5 Å². The fourth-order valence-electron chi connectivity index (χ4n) is 2.03. The third-order valence-electron chi connectivity index (χ3n) is 3.01. The first kappa shape index (κ1) is 13.3. The SMILES string of the molecule is N=C(N)c1ccc(N2CCOCC2CO)c(Br)c1. The lowest BCUT2D eigenvalue weighted by Crippen LogP contribution is -2.47. The van der Waals surface area contributed by atoms with Crippen LogP contribution in [0.2, 0.25) is 0 Å². The number of amidine groups is 1. The van der Waals surface area contributed by atoms with E-state index in [1.807, 2.05) is 18.2 Å². The molecule has 0 bridgehead atoms. The summed E-state index contributed by atoms with van der Waals surface area (Å²) in [4.78, 5) is 2.11. The molecule has 1 aromatic carbocycles. The van der Waals surface area contributed by atoms with Crippen molar-refractivity contribution in [2.24, 2.45) is 5.73 Å². The van der Waals surface area contributed by atoms with Crippen LogP contribution in [0, 0.1) is 5.41 Å². The molecule has 6 heteroatoms. The first-order chi connectivity index (χ1) is 8.63. The van der Waals surface area contributed by atoms with Crippen LogP contribution in [0.1, 0.15) is 5.56 Å². The number of rotatable bonds is 3. The van der Waals surface area contributed by atoms with Gasteiger partial charge in [-0.2, -0.15) is 0 Å². The summed E-state index contributed by atoms with van der Waals surface area (Å²) in [6, 6.07) is 5.51. The van der Waals surface area contributed by atoms with E-state index in [9.17, 15) is 5.11 Å². The van der Waals surface area contributed by atoms with Crippen LogP contribution in [0.4, 0.5) is 5.69 Å². The molecular formula is C12H16BrN3O2. The molecule has 0 spiro atoms. The first-order valence-electron chi connectivity index (χ1n) is 5.72. The molecule has 0 aliphatic carbocycles. The van der Waals surface area contributed by atoms with E-state index in [4.69, 9.17) is 15.9 Å². The summed E-state index contributed by atoms with van der Waals surface area (Å²) < 4.78 is 6.23. The smallest absolute Gasteiger partial charge is 0.122 e. The second-order valence-corrected chi connectivity index (χ2v) is 5.04. The van der Waals surface area contributed by atoms with Crippen molar-refractivity contribution in [1.82, 2.24) is 0 Å². The van der Waals surface area contributed by atoms with E-state index < -0.39 is 0 Å². The molecule has 0 aromatic heterocycles. The third kappa shape index (κ3) is 2.66. The second-order valence-electron chi connectivity index (χ2n) is 4.18. The Hall–Kier alpha value is -1.11. The highest BCUT2D eigenvalue weighted by molar-refractivity contribution is 9.10. The van der Waals surface area contributed by atoms with Gasteiger partial charge in [-0.1, -0.05) is 0 Å². The number of benzene rings is 1. The maximum absolute atomic E-state index is 9.37. The van der Waals surface area contributed by atoms with E-state index in [1.54, 1.807) is 0 Å². The Balaban J connectivity index is 2.29. The maximum atomic E-state index is 9.37. The van der Waals surface area contributed by atoms with E-state index in [0.29, 0.717) is 18.8 Å². The van der Waals surface area contributed by atoms with Crippen molar-refractivity contribution in [3.8, 4) is 0 Å². The molecule has 5 nitrogen and oxygen atoms in total. The Labute approximate surface area is 114 Å². The second kappa shape index (κ2) is 5.69.